The molecule has 0 fully saturated rings. The number of hydrogen-bond donors (Lipinski definition) is 1. The van der Waals surface area contributed by atoms with Crippen LogP contribution in [0.1, 0.15) is 30.0 Å². The Morgan fingerprint density at radius 3 is 1.79 bits per heavy atom. The average molecular weight is 406 g/mol. The van der Waals surface area contributed by atoms with Crippen LogP contribution < -0.4 is 4.72 Å². The Morgan fingerprint density at radius 1 is 0.862 bits per heavy atom. The summed E-state index contributed by atoms with van der Waals surface area (Å²) in [7, 11) is -3.64. The maximum absolute atomic E-state index is 13.0. The molecule has 3 rings (SSSR count). The Bertz CT molecular complexity index is 1020. The summed E-state index contributed by atoms with van der Waals surface area (Å²) in [5.41, 5.74) is 3.58. The zero-order valence-corrected chi connectivity index (χ0v) is 17.7. The lowest BCUT2D eigenvalue weighted by atomic mass is 9.70. The summed E-state index contributed by atoms with van der Waals surface area (Å²) in [5.74, 6) is 0. The van der Waals surface area contributed by atoms with Crippen molar-refractivity contribution in [2.75, 3.05) is 6.54 Å². The molecule has 3 aromatic carbocycles. The van der Waals surface area contributed by atoms with Gasteiger partial charge in [0.25, 0.3) is 0 Å². The molecule has 0 radical (unpaired) electrons. The number of rotatable bonds is 8. The van der Waals surface area contributed by atoms with E-state index in [1.165, 1.54) is 0 Å². The highest BCUT2D eigenvalue weighted by molar-refractivity contribution is 7.89. The Kier molecular flexibility index (Phi) is 6.36. The lowest BCUT2D eigenvalue weighted by Gasteiger charge is -2.36. The van der Waals surface area contributed by atoms with Crippen LogP contribution in [0.15, 0.2) is 102 Å². The second kappa shape index (κ2) is 8.76. The normalized spacial score (nSPS) is 11.9. The number of benzene rings is 3. The summed E-state index contributed by atoms with van der Waals surface area (Å²) < 4.78 is 28.9. The van der Waals surface area contributed by atoms with Gasteiger partial charge in [0.1, 0.15) is 0 Å². The molecule has 3 nitrogen and oxygen atoms in total. The molecule has 1 N–H and O–H groups in total. The van der Waals surface area contributed by atoms with Crippen LogP contribution in [0.25, 0.3) is 0 Å². The van der Waals surface area contributed by atoms with Crippen molar-refractivity contribution in [3.8, 4) is 0 Å². The second-order valence-corrected chi connectivity index (χ2v) is 9.35. The molecule has 0 bridgehead atoms. The van der Waals surface area contributed by atoms with Crippen LogP contribution in [0.4, 0.5) is 0 Å². The first kappa shape index (κ1) is 21.0. The quantitative estimate of drug-likeness (QED) is 0.522. The van der Waals surface area contributed by atoms with Crippen molar-refractivity contribution in [2.45, 2.75) is 30.6 Å². The van der Waals surface area contributed by atoms with E-state index in [1.807, 2.05) is 62.4 Å². The van der Waals surface area contributed by atoms with Crippen LogP contribution >= 0.6 is 0 Å². The summed E-state index contributed by atoms with van der Waals surface area (Å²) in [4.78, 5) is 0.272. The highest BCUT2D eigenvalue weighted by Crippen LogP contribution is 2.37. The fourth-order valence-electron chi connectivity index (χ4n) is 3.69. The smallest absolute Gasteiger partial charge is 0.210 e. The van der Waals surface area contributed by atoms with Gasteiger partial charge in [-0.1, -0.05) is 83.9 Å². The van der Waals surface area contributed by atoms with E-state index in [0.717, 1.165) is 22.3 Å². The van der Waals surface area contributed by atoms with E-state index in [1.54, 1.807) is 12.1 Å². The predicted octanol–water partition coefficient (Wildman–Crippen LogP) is 5.23. The molecule has 0 heterocycles. The van der Waals surface area contributed by atoms with E-state index >= 15 is 0 Å². The first-order valence-electron chi connectivity index (χ1n) is 9.65. The van der Waals surface area contributed by atoms with E-state index in [9.17, 15) is 8.42 Å². The molecule has 29 heavy (non-hydrogen) atoms. The van der Waals surface area contributed by atoms with Gasteiger partial charge < -0.3 is 0 Å². The lowest BCUT2D eigenvalue weighted by Crippen LogP contribution is -2.42. The standard InChI is InChI=1S/C25H27NO2S/c1-20(2)18-25(22-10-6-4-7-11-22,23-12-8-5-9-13-23)19-26-29(27,28)24-16-14-21(3)15-17-24/h4-17,26H,1,18-19H2,2-3H3. The van der Waals surface area contributed by atoms with Crippen molar-refractivity contribution in [1.29, 1.82) is 0 Å². The van der Waals surface area contributed by atoms with Crippen LogP contribution in [0.3, 0.4) is 0 Å². The molecule has 3 aromatic rings. The molecular formula is C25H27NO2S. The van der Waals surface area contributed by atoms with Crippen LogP contribution in [-0.4, -0.2) is 15.0 Å². The molecule has 0 aromatic heterocycles. The highest BCUT2D eigenvalue weighted by Gasteiger charge is 2.35. The molecule has 0 unspecified atom stereocenters. The average Bonchev–Trinajstić information content (AvgIpc) is 2.72. The Hall–Kier alpha value is -2.69. The van der Waals surface area contributed by atoms with Gasteiger partial charge in [-0.25, -0.2) is 13.1 Å². The number of allylic oxidation sites excluding steroid dienone is 1. The second-order valence-electron chi connectivity index (χ2n) is 7.59. The van der Waals surface area contributed by atoms with Gasteiger partial charge in [0.05, 0.1) is 4.90 Å². The minimum atomic E-state index is -3.64. The van der Waals surface area contributed by atoms with Gasteiger partial charge >= 0.3 is 0 Å². The Morgan fingerprint density at radius 2 is 1.34 bits per heavy atom. The fraction of sp³-hybridized carbons (Fsp3) is 0.200. The van der Waals surface area contributed by atoms with Crippen molar-refractivity contribution >= 4 is 10.0 Å². The first-order chi connectivity index (χ1) is 13.8. The molecule has 4 heteroatoms. The fourth-order valence-corrected chi connectivity index (χ4v) is 4.78. The Balaban J connectivity index is 2.05. The van der Waals surface area contributed by atoms with Gasteiger partial charge in [0.15, 0.2) is 0 Å². The van der Waals surface area contributed by atoms with Crippen molar-refractivity contribution < 1.29 is 8.42 Å². The summed E-state index contributed by atoms with van der Waals surface area (Å²) >= 11 is 0. The van der Waals surface area contributed by atoms with E-state index in [4.69, 9.17) is 0 Å². The third-order valence-electron chi connectivity index (χ3n) is 5.15. The van der Waals surface area contributed by atoms with E-state index < -0.39 is 15.4 Å². The van der Waals surface area contributed by atoms with Crippen molar-refractivity contribution in [3.63, 3.8) is 0 Å². The number of aryl methyl sites for hydroxylation is 1. The summed E-state index contributed by atoms with van der Waals surface area (Å²) in [6.45, 7) is 8.28. The minimum absolute atomic E-state index is 0.240. The molecule has 150 valence electrons. The number of hydrogen-bond acceptors (Lipinski definition) is 2. The van der Waals surface area contributed by atoms with Gasteiger partial charge in [0.2, 0.25) is 10.0 Å². The third kappa shape index (κ3) is 4.84. The van der Waals surface area contributed by atoms with Crippen molar-refractivity contribution in [3.05, 3.63) is 114 Å². The first-order valence-corrected chi connectivity index (χ1v) is 11.1. The third-order valence-corrected chi connectivity index (χ3v) is 6.57. The monoisotopic (exact) mass is 405 g/mol. The van der Waals surface area contributed by atoms with Gasteiger partial charge in [0, 0.05) is 12.0 Å². The summed E-state index contributed by atoms with van der Waals surface area (Å²) in [6, 6.07) is 27.0. The summed E-state index contributed by atoms with van der Waals surface area (Å²) in [6.07, 6.45) is 0.636. The molecule has 0 spiro atoms. The number of sulfonamides is 1. The van der Waals surface area contributed by atoms with E-state index in [-0.39, 0.29) is 11.4 Å². The van der Waals surface area contributed by atoms with Crippen molar-refractivity contribution in [1.82, 2.24) is 4.72 Å². The van der Waals surface area contributed by atoms with E-state index in [0.29, 0.717) is 6.42 Å². The van der Waals surface area contributed by atoms with Crippen LogP contribution in [0.5, 0.6) is 0 Å². The van der Waals surface area contributed by atoms with Gasteiger partial charge in [-0.15, -0.1) is 6.58 Å². The summed E-state index contributed by atoms with van der Waals surface area (Å²) in [5, 5.41) is 0. The Labute approximate surface area is 174 Å². The maximum atomic E-state index is 13.0. The SMILES string of the molecule is C=C(C)CC(CNS(=O)(=O)c1ccc(C)cc1)(c1ccccc1)c1ccccc1. The zero-order valence-electron chi connectivity index (χ0n) is 16.9. The predicted molar refractivity (Wildman–Crippen MR) is 119 cm³/mol. The molecule has 0 aliphatic carbocycles. The maximum Gasteiger partial charge on any atom is 0.240 e. The molecular weight excluding hydrogens is 378 g/mol. The number of nitrogens with one attached hydrogen (secondary N) is 1. The van der Waals surface area contributed by atoms with Crippen LogP contribution in [0, 0.1) is 6.92 Å². The molecule has 0 saturated heterocycles. The van der Waals surface area contributed by atoms with Crippen molar-refractivity contribution in [2.24, 2.45) is 0 Å². The van der Waals surface area contributed by atoms with Gasteiger partial charge in [-0.3, -0.25) is 0 Å². The van der Waals surface area contributed by atoms with E-state index in [2.05, 4.69) is 35.6 Å². The lowest BCUT2D eigenvalue weighted by molar-refractivity contribution is 0.489. The molecule has 0 aliphatic rings. The zero-order chi connectivity index (χ0) is 20.9. The van der Waals surface area contributed by atoms with Crippen LogP contribution in [-0.2, 0) is 15.4 Å². The topological polar surface area (TPSA) is 46.2 Å². The molecule has 0 aliphatic heterocycles. The minimum Gasteiger partial charge on any atom is -0.210 e. The molecule has 0 saturated carbocycles. The van der Waals surface area contributed by atoms with Gasteiger partial charge in [-0.05, 0) is 43.5 Å². The largest absolute Gasteiger partial charge is 0.240 e. The van der Waals surface area contributed by atoms with Crippen LogP contribution in [0.2, 0.25) is 0 Å². The molecule has 0 atom stereocenters. The highest BCUT2D eigenvalue weighted by atomic mass is 32.2. The molecule has 0 amide bonds. The van der Waals surface area contributed by atoms with Gasteiger partial charge in [-0.2, -0.15) is 0 Å².